The maximum Gasteiger partial charge on any atom is 0.267 e. The second-order valence-electron chi connectivity index (χ2n) is 5.69. The largest absolute Gasteiger partial charge is 0.497 e. The predicted molar refractivity (Wildman–Crippen MR) is 96.2 cm³/mol. The van der Waals surface area contributed by atoms with Gasteiger partial charge in [-0.3, -0.25) is 9.36 Å². The summed E-state index contributed by atoms with van der Waals surface area (Å²) in [7, 11) is 1.58. The van der Waals surface area contributed by atoms with Gasteiger partial charge in [-0.2, -0.15) is 0 Å². The Bertz CT molecular complexity index is 980. The fraction of sp³-hybridized carbons (Fsp3) is 0.222. The zero-order chi connectivity index (χ0) is 17.4. The van der Waals surface area contributed by atoms with Crippen LogP contribution in [0.1, 0.15) is 24.4 Å². The Balaban J connectivity index is 2.47. The third kappa shape index (κ3) is 2.66. The van der Waals surface area contributed by atoms with Crippen molar-refractivity contribution in [2.75, 3.05) is 7.11 Å². The highest BCUT2D eigenvalue weighted by molar-refractivity contribution is 6.35. The second-order valence-corrected chi connectivity index (χ2v) is 6.09. The third-order valence-electron chi connectivity index (χ3n) is 3.94. The molecule has 1 heterocycles. The zero-order valence-electron chi connectivity index (χ0n) is 13.7. The number of aromatic nitrogens is 2. The molecule has 24 heavy (non-hydrogen) atoms. The highest BCUT2D eigenvalue weighted by atomic mass is 35.5. The van der Waals surface area contributed by atoms with Crippen molar-refractivity contribution in [1.29, 1.82) is 0 Å². The normalized spacial score (nSPS) is 12.4. The van der Waals surface area contributed by atoms with E-state index in [4.69, 9.17) is 22.1 Å². The first-order valence-electron chi connectivity index (χ1n) is 7.55. The number of methoxy groups -OCH3 is 1. The van der Waals surface area contributed by atoms with Crippen LogP contribution in [-0.4, -0.2) is 16.7 Å². The molecule has 124 valence electrons. The van der Waals surface area contributed by atoms with E-state index in [2.05, 4.69) is 4.98 Å². The lowest BCUT2D eigenvalue weighted by molar-refractivity contribution is 0.414. The van der Waals surface area contributed by atoms with E-state index in [0.29, 0.717) is 33.2 Å². The van der Waals surface area contributed by atoms with Crippen molar-refractivity contribution in [3.63, 3.8) is 0 Å². The van der Waals surface area contributed by atoms with Crippen LogP contribution in [0.5, 0.6) is 5.75 Å². The van der Waals surface area contributed by atoms with Crippen molar-refractivity contribution in [1.82, 2.24) is 9.55 Å². The molecular weight excluding hydrogens is 326 g/mol. The first-order valence-corrected chi connectivity index (χ1v) is 7.93. The smallest absolute Gasteiger partial charge is 0.267 e. The molecule has 1 unspecified atom stereocenters. The Morgan fingerprint density at radius 2 is 2.04 bits per heavy atom. The van der Waals surface area contributed by atoms with Crippen LogP contribution in [0.25, 0.3) is 16.6 Å². The van der Waals surface area contributed by atoms with Crippen LogP contribution in [0.2, 0.25) is 5.02 Å². The molecule has 0 saturated heterocycles. The molecule has 1 aromatic heterocycles. The first-order chi connectivity index (χ1) is 11.4. The fourth-order valence-electron chi connectivity index (χ4n) is 2.70. The predicted octanol–water partition coefficient (Wildman–Crippen LogP) is 3.38. The Morgan fingerprint density at radius 1 is 1.29 bits per heavy atom. The maximum absolute atomic E-state index is 13.2. The molecule has 5 nitrogen and oxygen atoms in total. The summed E-state index contributed by atoms with van der Waals surface area (Å²) in [5.41, 5.74) is 7.97. The Morgan fingerprint density at radius 3 is 2.71 bits per heavy atom. The van der Waals surface area contributed by atoms with Crippen molar-refractivity contribution in [3.8, 4) is 11.4 Å². The second kappa shape index (κ2) is 6.26. The van der Waals surface area contributed by atoms with Crippen molar-refractivity contribution in [3.05, 3.63) is 63.2 Å². The number of fused-ring (bicyclic) bond motifs is 1. The van der Waals surface area contributed by atoms with Gasteiger partial charge in [0, 0.05) is 6.07 Å². The SMILES string of the molecule is COc1ccc(C)c(-n2c(C(C)N)nc3cccc(Cl)c3c2=O)c1. The third-order valence-corrected chi connectivity index (χ3v) is 4.25. The van der Waals surface area contributed by atoms with E-state index >= 15 is 0 Å². The number of rotatable bonds is 3. The van der Waals surface area contributed by atoms with Crippen molar-refractivity contribution in [2.24, 2.45) is 5.73 Å². The van der Waals surface area contributed by atoms with Gasteiger partial charge >= 0.3 is 0 Å². The standard InChI is InChI=1S/C18H18ClN3O2/c1-10-7-8-12(24-3)9-15(10)22-17(11(2)20)21-14-6-4-5-13(19)16(14)18(22)23/h4-9,11H,20H2,1-3H3. The van der Waals surface area contributed by atoms with E-state index < -0.39 is 6.04 Å². The Hall–Kier alpha value is -2.37. The molecule has 1 atom stereocenters. The van der Waals surface area contributed by atoms with Gasteiger partial charge in [0.25, 0.3) is 5.56 Å². The maximum atomic E-state index is 13.2. The molecule has 0 aliphatic rings. The van der Waals surface area contributed by atoms with E-state index in [1.165, 1.54) is 4.57 Å². The minimum atomic E-state index is -0.424. The number of hydrogen-bond donors (Lipinski definition) is 1. The van der Waals surface area contributed by atoms with Gasteiger partial charge in [0.05, 0.1) is 34.8 Å². The highest BCUT2D eigenvalue weighted by Crippen LogP contribution is 2.25. The number of benzene rings is 2. The molecule has 2 aromatic carbocycles. The van der Waals surface area contributed by atoms with E-state index in [-0.39, 0.29) is 5.56 Å². The van der Waals surface area contributed by atoms with Crippen molar-refractivity contribution in [2.45, 2.75) is 19.9 Å². The fourth-order valence-corrected chi connectivity index (χ4v) is 2.95. The molecule has 0 bridgehead atoms. The van der Waals surface area contributed by atoms with Crippen LogP contribution < -0.4 is 16.0 Å². The summed E-state index contributed by atoms with van der Waals surface area (Å²) < 4.78 is 6.81. The molecule has 0 fully saturated rings. The van der Waals surface area contributed by atoms with Gasteiger partial charge in [0.2, 0.25) is 0 Å². The van der Waals surface area contributed by atoms with E-state index in [1.807, 2.05) is 19.1 Å². The minimum Gasteiger partial charge on any atom is -0.497 e. The van der Waals surface area contributed by atoms with Gasteiger partial charge in [-0.25, -0.2) is 4.98 Å². The number of hydrogen-bond acceptors (Lipinski definition) is 4. The Labute approximate surface area is 144 Å². The monoisotopic (exact) mass is 343 g/mol. The van der Waals surface area contributed by atoms with E-state index in [9.17, 15) is 4.79 Å². The average Bonchev–Trinajstić information content (AvgIpc) is 2.55. The topological polar surface area (TPSA) is 70.1 Å². The lowest BCUT2D eigenvalue weighted by atomic mass is 10.1. The lowest BCUT2D eigenvalue weighted by Crippen LogP contribution is -2.28. The molecule has 3 aromatic rings. The lowest BCUT2D eigenvalue weighted by Gasteiger charge is -2.18. The highest BCUT2D eigenvalue weighted by Gasteiger charge is 2.18. The molecule has 0 amide bonds. The first kappa shape index (κ1) is 16.5. The van der Waals surface area contributed by atoms with Crippen LogP contribution in [0, 0.1) is 6.92 Å². The van der Waals surface area contributed by atoms with E-state index in [0.717, 1.165) is 5.56 Å². The zero-order valence-corrected chi connectivity index (χ0v) is 14.5. The molecule has 2 N–H and O–H groups in total. The molecule has 0 radical (unpaired) electrons. The van der Waals surface area contributed by atoms with Gasteiger partial charge in [-0.1, -0.05) is 23.7 Å². The molecule has 6 heteroatoms. The van der Waals surface area contributed by atoms with Crippen LogP contribution in [0.15, 0.2) is 41.2 Å². The molecule has 0 aliphatic heterocycles. The summed E-state index contributed by atoms with van der Waals surface area (Å²) in [6.07, 6.45) is 0. The summed E-state index contributed by atoms with van der Waals surface area (Å²) in [4.78, 5) is 17.8. The van der Waals surface area contributed by atoms with Gasteiger partial charge < -0.3 is 10.5 Å². The van der Waals surface area contributed by atoms with Crippen molar-refractivity contribution >= 4 is 22.5 Å². The average molecular weight is 344 g/mol. The summed E-state index contributed by atoms with van der Waals surface area (Å²) in [5, 5.41) is 0.751. The van der Waals surface area contributed by atoms with Crippen LogP contribution in [-0.2, 0) is 0 Å². The van der Waals surface area contributed by atoms with Crippen LogP contribution in [0.3, 0.4) is 0 Å². The quantitative estimate of drug-likeness (QED) is 0.791. The summed E-state index contributed by atoms with van der Waals surface area (Å²) in [6, 6.07) is 10.3. The minimum absolute atomic E-state index is 0.241. The number of ether oxygens (including phenoxy) is 1. The number of halogens is 1. The molecule has 0 spiro atoms. The van der Waals surface area contributed by atoms with Gasteiger partial charge in [0.1, 0.15) is 11.6 Å². The van der Waals surface area contributed by atoms with Gasteiger partial charge in [0.15, 0.2) is 0 Å². The summed E-state index contributed by atoms with van der Waals surface area (Å²) >= 11 is 6.24. The molecular formula is C18H18ClN3O2. The number of nitrogens with two attached hydrogens (primary N) is 1. The Kier molecular flexibility index (Phi) is 4.30. The molecule has 0 saturated carbocycles. The number of nitrogens with zero attached hydrogens (tertiary/aromatic N) is 2. The number of aryl methyl sites for hydroxylation is 1. The van der Waals surface area contributed by atoms with Gasteiger partial charge in [-0.05, 0) is 37.6 Å². The van der Waals surface area contributed by atoms with Gasteiger partial charge in [-0.15, -0.1) is 0 Å². The van der Waals surface area contributed by atoms with Crippen molar-refractivity contribution < 1.29 is 4.74 Å². The molecule has 3 rings (SSSR count). The summed E-state index contributed by atoms with van der Waals surface area (Å²) in [5.74, 6) is 1.13. The summed E-state index contributed by atoms with van der Waals surface area (Å²) in [6.45, 7) is 3.72. The van der Waals surface area contributed by atoms with Crippen LogP contribution >= 0.6 is 11.6 Å². The van der Waals surface area contributed by atoms with E-state index in [1.54, 1.807) is 38.3 Å². The molecule has 0 aliphatic carbocycles. The van der Waals surface area contributed by atoms with Crippen LogP contribution in [0.4, 0.5) is 0 Å².